The number of aliphatic imine (C=N–C) groups is 1. The SMILES string of the molecule is CCNC(=NCCc1nc(C(F)(F)F)cs1)NC1CCCN(c2ccccc2)C1.I. The topological polar surface area (TPSA) is 52.6 Å². The van der Waals surface area contributed by atoms with E-state index in [1.54, 1.807) is 0 Å². The molecule has 1 aromatic carbocycles. The van der Waals surface area contributed by atoms with Crippen LogP contribution in [0.2, 0.25) is 0 Å². The Bertz CT molecular complexity index is 797. The van der Waals surface area contributed by atoms with Crippen LogP contribution in [0.4, 0.5) is 18.9 Å². The summed E-state index contributed by atoms with van der Waals surface area (Å²) in [6.07, 6.45) is -1.86. The number of anilines is 1. The zero-order valence-corrected chi connectivity index (χ0v) is 19.9. The number of para-hydroxylation sites is 1. The lowest BCUT2D eigenvalue weighted by Gasteiger charge is -2.35. The van der Waals surface area contributed by atoms with Gasteiger partial charge >= 0.3 is 6.18 Å². The normalized spacial score (nSPS) is 17.4. The molecule has 1 unspecified atom stereocenters. The molecule has 0 aliphatic carbocycles. The van der Waals surface area contributed by atoms with Gasteiger partial charge in [0.05, 0.1) is 5.01 Å². The van der Waals surface area contributed by atoms with Crippen molar-refractivity contribution in [1.82, 2.24) is 15.6 Å². The van der Waals surface area contributed by atoms with Gasteiger partial charge in [0.2, 0.25) is 0 Å². The first-order chi connectivity index (χ1) is 14.0. The van der Waals surface area contributed by atoms with E-state index < -0.39 is 11.9 Å². The van der Waals surface area contributed by atoms with E-state index in [-0.39, 0.29) is 30.0 Å². The minimum atomic E-state index is -4.39. The molecule has 1 aliphatic rings. The van der Waals surface area contributed by atoms with Gasteiger partial charge in [-0.25, -0.2) is 4.98 Å². The predicted octanol–water partition coefficient (Wildman–Crippen LogP) is 4.55. The van der Waals surface area contributed by atoms with Crippen LogP contribution >= 0.6 is 35.3 Å². The van der Waals surface area contributed by atoms with E-state index in [0.717, 1.165) is 49.2 Å². The van der Waals surface area contributed by atoms with Crippen LogP contribution in [-0.2, 0) is 12.6 Å². The van der Waals surface area contributed by atoms with Crippen LogP contribution in [0, 0.1) is 0 Å². The molecular weight excluding hydrogens is 526 g/mol. The predicted molar refractivity (Wildman–Crippen MR) is 127 cm³/mol. The maximum absolute atomic E-state index is 12.7. The highest BCUT2D eigenvalue weighted by Gasteiger charge is 2.33. The Morgan fingerprint density at radius 3 is 2.73 bits per heavy atom. The summed E-state index contributed by atoms with van der Waals surface area (Å²) in [7, 11) is 0. The summed E-state index contributed by atoms with van der Waals surface area (Å²) >= 11 is 1.03. The van der Waals surface area contributed by atoms with E-state index >= 15 is 0 Å². The van der Waals surface area contributed by atoms with Crippen molar-refractivity contribution in [2.75, 3.05) is 31.1 Å². The highest BCUT2D eigenvalue weighted by molar-refractivity contribution is 14.0. The number of benzene rings is 1. The smallest absolute Gasteiger partial charge is 0.369 e. The van der Waals surface area contributed by atoms with Gasteiger partial charge in [0.1, 0.15) is 0 Å². The first-order valence-electron chi connectivity index (χ1n) is 9.82. The van der Waals surface area contributed by atoms with Gasteiger partial charge in [0, 0.05) is 49.7 Å². The number of alkyl halides is 3. The Hall–Kier alpha value is -1.56. The molecule has 0 bridgehead atoms. The molecular formula is C20H27F3IN5S. The number of piperidine rings is 1. The second-order valence-corrected chi connectivity index (χ2v) is 7.84. The molecule has 0 saturated carbocycles. The van der Waals surface area contributed by atoms with Gasteiger partial charge in [0.15, 0.2) is 11.7 Å². The minimum absolute atomic E-state index is 0. The fourth-order valence-corrected chi connectivity index (χ4v) is 4.10. The van der Waals surface area contributed by atoms with E-state index in [1.165, 1.54) is 5.69 Å². The zero-order valence-electron chi connectivity index (χ0n) is 16.8. The number of hydrogen-bond donors (Lipinski definition) is 2. The third kappa shape index (κ3) is 7.29. The van der Waals surface area contributed by atoms with Crippen LogP contribution in [0.25, 0.3) is 0 Å². The lowest BCUT2D eigenvalue weighted by Crippen LogP contribution is -2.51. The molecule has 3 rings (SSSR count). The second-order valence-electron chi connectivity index (χ2n) is 6.90. The first kappa shape index (κ1) is 24.7. The number of aromatic nitrogens is 1. The van der Waals surface area contributed by atoms with Crippen molar-refractivity contribution in [2.45, 2.75) is 38.4 Å². The van der Waals surface area contributed by atoms with Crippen molar-refractivity contribution in [3.63, 3.8) is 0 Å². The van der Waals surface area contributed by atoms with Crippen molar-refractivity contribution in [2.24, 2.45) is 4.99 Å². The Kier molecular flexibility index (Phi) is 9.66. The first-order valence-corrected chi connectivity index (χ1v) is 10.7. The molecule has 1 saturated heterocycles. The molecule has 1 aromatic heterocycles. The average molecular weight is 553 g/mol. The summed E-state index contributed by atoms with van der Waals surface area (Å²) in [5, 5.41) is 8.20. The standard InChI is InChI=1S/C20H26F3N5S.HI/c1-2-24-19(25-11-10-18-27-17(14-29-18)20(21,22)23)26-15-7-6-12-28(13-15)16-8-4-3-5-9-16;/h3-5,8-9,14-15H,2,6-7,10-13H2,1H3,(H2,24,25,26);1H. The lowest BCUT2D eigenvalue weighted by atomic mass is 10.1. The van der Waals surface area contributed by atoms with Gasteiger partial charge in [-0.2, -0.15) is 13.2 Å². The van der Waals surface area contributed by atoms with Crippen molar-refractivity contribution in [3.05, 3.63) is 46.4 Å². The molecule has 1 atom stereocenters. The van der Waals surface area contributed by atoms with Crippen LogP contribution in [-0.4, -0.2) is 43.2 Å². The molecule has 30 heavy (non-hydrogen) atoms. The zero-order chi connectivity index (χ0) is 20.7. The van der Waals surface area contributed by atoms with Crippen LogP contribution in [0.1, 0.15) is 30.5 Å². The van der Waals surface area contributed by atoms with Gasteiger partial charge in [-0.15, -0.1) is 35.3 Å². The fraction of sp³-hybridized carbons (Fsp3) is 0.500. The number of thiazole rings is 1. The molecule has 10 heteroatoms. The molecule has 2 N–H and O–H groups in total. The number of nitrogens with zero attached hydrogens (tertiary/aromatic N) is 3. The average Bonchev–Trinajstić information content (AvgIpc) is 3.19. The Morgan fingerprint density at radius 2 is 2.07 bits per heavy atom. The van der Waals surface area contributed by atoms with Crippen molar-refractivity contribution >= 4 is 47.0 Å². The van der Waals surface area contributed by atoms with E-state index in [4.69, 9.17) is 0 Å². The Morgan fingerprint density at radius 1 is 1.30 bits per heavy atom. The van der Waals surface area contributed by atoms with E-state index in [0.29, 0.717) is 23.9 Å². The summed E-state index contributed by atoms with van der Waals surface area (Å²) in [4.78, 5) is 10.6. The molecule has 2 heterocycles. The molecule has 166 valence electrons. The lowest BCUT2D eigenvalue weighted by molar-refractivity contribution is -0.140. The quantitative estimate of drug-likeness (QED) is 0.313. The fourth-order valence-electron chi connectivity index (χ4n) is 3.30. The van der Waals surface area contributed by atoms with Gasteiger partial charge < -0.3 is 15.5 Å². The number of guanidine groups is 1. The van der Waals surface area contributed by atoms with Gasteiger partial charge in [0.25, 0.3) is 0 Å². The van der Waals surface area contributed by atoms with Crippen LogP contribution in [0.5, 0.6) is 0 Å². The van der Waals surface area contributed by atoms with Crippen LogP contribution < -0.4 is 15.5 Å². The van der Waals surface area contributed by atoms with Gasteiger partial charge in [-0.1, -0.05) is 18.2 Å². The number of halogens is 4. The molecule has 0 spiro atoms. The number of hydrogen-bond acceptors (Lipinski definition) is 4. The summed E-state index contributed by atoms with van der Waals surface area (Å²) in [6, 6.07) is 10.6. The highest BCUT2D eigenvalue weighted by atomic mass is 127. The minimum Gasteiger partial charge on any atom is -0.369 e. The van der Waals surface area contributed by atoms with Crippen LogP contribution in [0.15, 0.2) is 40.7 Å². The van der Waals surface area contributed by atoms with E-state index in [9.17, 15) is 13.2 Å². The number of nitrogens with one attached hydrogen (secondary N) is 2. The second kappa shape index (κ2) is 11.7. The maximum Gasteiger partial charge on any atom is 0.434 e. The molecule has 2 aromatic rings. The van der Waals surface area contributed by atoms with Gasteiger partial charge in [-0.05, 0) is 31.9 Å². The molecule has 1 fully saturated rings. The molecule has 1 aliphatic heterocycles. The maximum atomic E-state index is 12.7. The van der Waals surface area contributed by atoms with E-state index in [2.05, 4.69) is 37.6 Å². The monoisotopic (exact) mass is 553 g/mol. The van der Waals surface area contributed by atoms with Crippen molar-refractivity contribution in [1.29, 1.82) is 0 Å². The summed E-state index contributed by atoms with van der Waals surface area (Å²) in [6.45, 7) is 5.01. The molecule has 0 amide bonds. The summed E-state index contributed by atoms with van der Waals surface area (Å²) < 4.78 is 38.0. The van der Waals surface area contributed by atoms with E-state index in [1.807, 2.05) is 25.1 Å². The molecule has 0 radical (unpaired) electrons. The van der Waals surface area contributed by atoms with Crippen molar-refractivity contribution < 1.29 is 13.2 Å². The highest BCUT2D eigenvalue weighted by Crippen LogP contribution is 2.30. The van der Waals surface area contributed by atoms with Gasteiger partial charge in [-0.3, -0.25) is 4.99 Å². The number of rotatable bonds is 6. The van der Waals surface area contributed by atoms with Crippen LogP contribution in [0.3, 0.4) is 0 Å². The Labute approximate surface area is 196 Å². The third-order valence-electron chi connectivity index (χ3n) is 4.67. The van der Waals surface area contributed by atoms with Crippen molar-refractivity contribution in [3.8, 4) is 0 Å². The molecule has 5 nitrogen and oxygen atoms in total. The summed E-state index contributed by atoms with van der Waals surface area (Å²) in [5.74, 6) is 0.694. The largest absolute Gasteiger partial charge is 0.434 e. The summed E-state index contributed by atoms with van der Waals surface area (Å²) in [5.41, 5.74) is 0.389. The third-order valence-corrected chi connectivity index (χ3v) is 5.57. The Balaban J connectivity index is 0.00000320.